The minimum atomic E-state index is 0.235. The van der Waals surface area contributed by atoms with E-state index in [-0.39, 0.29) is 6.10 Å². The maximum atomic E-state index is 5.93. The zero-order chi connectivity index (χ0) is 10.1. The molecule has 1 N–H and O–H groups in total. The molecule has 2 aliphatic heterocycles. The van der Waals surface area contributed by atoms with Crippen LogP contribution in [-0.4, -0.2) is 25.9 Å². The lowest BCUT2D eigenvalue weighted by Gasteiger charge is -2.15. The summed E-state index contributed by atoms with van der Waals surface area (Å²) in [7, 11) is 0. The molecule has 0 spiro atoms. The fourth-order valence-corrected chi connectivity index (χ4v) is 2.19. The Balaban J connectivity index is 1.82. The summed E-state index contributed by atoms with van der Waals surface area (Å²) in [6, 6.07) is 6.26. The Morgan fingerprint density at radius 2 is 2.40 bits per heavy atom. The molecule has 1 aromatic rings. The first-order valence-corrected chi connectivity index (χ1v) is 5.53. The molecule has 1 fully saturated rings. The zero-order valence-electron chi connectivity index (χ0n) is 8.66. The van der Waals surface area contributed by atoms with Crippen LogP contribution < -0.4 is 10.1 Å². The molecule has 0 bridgehead atoms. The molecule has 1 saturated heterocycles. The van der Waals surface area contributed by atoms with Crippen LogP contribution in [0.25, 0.3) is 0 Å². The van der Waals surface area contributed by atoms with Crippen molar-refractivity contribution < 1.29 is 9.47 Å². The highest BCUT2D eigenvalue weighted by Crippen LogP contribution is 2.33. The van der Waals surface area contributed by atoms with Gasteiger partial charge in [-0.15, -0.1) is 0 Å². The van der Waals surface area contributed by atoms with E-state index in [0.29, 0.717) is 0 Å². The lowest BCUT2D eigenvalue weighted by molar-refractivity contribution is 0.142. The molecule has 0 aliphatic carbocycles. The van der Waals surface area contributed by atoms with Gasteiger partial charge in [0.1, 0.15) is 11.9 Å². The predicted molar refractivity (Wildman–Crippen MR) is 58.5 cm³/mol. The molecule has 15 heavy (non-hydrogen) atoms. The lowest BCUT2D eigenvalue weighted by atomic mass is 10.1. The highest BCUT2D eigenvalue weighted by Gasteiger charge is 2.21. The average molecular weight is 205 g/mol. The molecule has 1 atom stereocenters. The van der Waals surface area contributed by atoms with Gasteiger partial charge in [-0.2, -0.15) is 0 Å². The number of benzene rings is 1. The van der Waals surface area contributed by atoms with Crippen molar-refractivity contribution in [3.05, 3.63) is 23.8 Å². The van der Waals surface area contributed by atoms with Crippen LogP contribution in [-0.2, 0) is 11.2 Å². The first-order chi connectivity index (χ1) is 7.43. The number of anilines is 1. The van der Waals surface area contributed by atoms with E-state index in [0.717, 1.165) is 38.3 Å². The summed E-state index contributed by atoms with van der Waals surface area (Å²) in [5.41, 5.74) is 2.55. The highest BCUT2D eigenvalue weighted by atomic mass is 16.5. The molecule has 3 nitrogen and oxygen atoms in total. The zero-order valence-corrected chi connectivity index (χ0v) is 8.66. The molecular formula is C12H15NO2. The molecule has 1 unspecified atom stereocenters. The minimum Gasteiger partial charge on any atom is -0.486 e. The van der Waals surface area contributed by atoms with Crippen LogP contribution in [0.4, 0.5) is 5.69 Å². The van der Waals surface area contributed by atoms with Crippen LogP contribution in [0, 0.1) is 0 Å². The molecule has 0 aromatic heterocycles. The van der Waals surface area contributed by atoms with Crippen molar-refractivity contribution >= 4 is 5.69 Å². The van der Waals surface area contributed by atoms with Crippen molar-refractivity contribution in [3.8, 4) is 5.75 Å². The van der Waals surface area contributed by atoms with Crippen molar-refractivity contribution in [1.82, 2.24) is 0 Å². The second kappa shape index (κ2) is 3.74. The number of hydrogen-bond acceptors (Lipinski definition) is 3. The summed E-state index contributed by atoms with van der Waals surface area (Å²) in [5, 5.41) is 3.38. The molecule has 2 aliphatic rings. The molecule has 3 heteroatoms. The van der Waals surface area contributed by atoms with Gasteiger partial charge < -0.3 is 14.8 Å². The van der Waals surface area contributed by atoms with E-state index in [1.165, 1.54) is 11.3 Å². The number of nitrogens with one attached hydrogen (secondary N) is 1. The Kier molecular flexibility index (Phi) is 2.25. The second-order valence-corrected chi connectivity index (χ2v) is 4.07. The first kappa shape index (κ1) is 9.04. The largest absolute Gasteiger partial charge is 0.486 e. The fraction of sp³-hybridized carbons (Fsp3) is 0.500. The Bertz CT molecular complexity index is 359. The van der Waals surface area contributed by atoms with Gasteiger partial charge in [0.15, 0.2) is 0 Å². The Morgan fingerprint density at radius 3 is 3.27 bits per heavy atom. The van der Waals surface area contributed by atoms with E-state index in [4.69, 9.17) is 9.47 Å². The quantitative estimate of drug-likeness (QED) is 0.799. The third kappa shape index (κ3) is 1.67. The summed E-state index contributed by atoms with van der Waals surface area (Å²) >= 11 is 0. The molecule has 3 rings (SSSR count). The number of para-hydroxylation sites is 1. The first-order valence-electron chi connectivity index (χ1n) is 5.53. The monoisotopic (exact) mass is 205 g/mol. The minimum absolute atomic E-state index is 0.235. The van der Waals surface area contributed by atoms with Crippen molar-refractivity contribution in [2.75, 3.05) is 25.1 Å². The van der Waals surface area contributed by atoms with Crippen LogP contribution in [0.15, 0.2) is 18.2 Å². The van der Waals surface area contributed by atoms with E-state index < -0.39 is 0 Å². The van der Waals surface area contributed by atoms with Gasteiger partial charge in [0.05, 0.1) is 18.9 Å². The van der Waals surface area contributed by atoms with Crippen LogP contribution in [0.3, 0.4) is 0 Å². The summed E-state index contributed by atoms with van der Waals surface area (Å²) in [6.45, 7) is 2.58. The molecule has 0 saturated carbocycles. The van der Waals surface area contributed by atoms with Gasteiger partial charge in [-0.1, -0.05) is 12.1 Å². The van der Waals surface area contributed by atoms with Gasteiger partial charge in [0.25, 0.3) is 0 Å². The highest BCUT2D eigenvalue weighted by molar-refractivity contribution is 5.65. The normalized spacial score (nSPS) is 23.6. The van der Waals surface area contributed by atoms with Gasteiger partial charge >= 0.3 is 0 Å². The van der Waals surface area contributed by atoms with Gasteiger partial charge in [0.2, 0.25) is 0 Å². The van der Waals surface area contributed by atoms with Crippen molar-refractivity contribution in [3.63, 3.8) is 0 Å². The van der Waals surface area contributed by atoms with E-state index in [2.05, 4.69) is 17.4 Å². The molecule has 0 amide bonds. The predicted octanol–water partition coefficient (Wildman–Crippen LogP) is 1.82. The Hall–Kier alpha value is -1.22. The van der Waals surface area contributed by atoms with Gasteiger partial charge in [-0.25, -0.2) is 0 Å². The van der Waals surface area contributed by atoms with Gasteiger partial charge in [-0.3, -0.25) is 0 Å². The fourth-order valence-electron chi connectivity index (χ4n) is 2.19. The molecule has 80 valence electrons. The number of ether oxygens (including phenoxy) is 2. The Morgan fingerprint density at radius 1 is 1.40 bits per heavy atom. The lowest BCUT2D eigenvalue weighted by Crippen LogP contribution is -2.16. The van der Waals surface area contributed by atoms with Gasteiger partial charge in [-0.05, 0) is 18.1 Å². The summed E-state index contributed by atoms with van der Waals surface area (Å²) in [6.07, 6.45) is 2.34. The van der Waals surface area contributed by atoms with Crippen molar-refractivity contribution in [1.29, 1.82) is 0 Å². The average Bonchev–Trinajstić information content (AvgIpc) is 2.87. The van der Waals surface area contributed by atoms with Crippen LogP contribution in [0.1, 0.15) is 12.0 Å². The van der Waals surface area contributed by atoms with Crippen LogP contribution in [0.5, 0.6) is 5.75 Å². The third-order valence-corrected chi connectivity index (χ3v) is 2.99. The molecule has 1 aromatic carbocycles. The van der Waals surface area contributed by atoms with Crippen molar-refractivity contribution in [2.45, 2.75) is 18.9 Å². The SMILES string of the molecule is c1cc2c(c(OC3CCOC3)c1)NCC2. The Labute approximate surface area is 89.4 Å². The van der Waals surface area contributed by atoms with Crippen LogP contribution >= 0.6 is 0 Å². The maximum Gasteiger partial charge on any atom is 0.143 e. The van der Waals surface area contributed by atoms with E-state index in [1.807, 2.05) is 6.07 Å². The van der Waals surface area contributed by atoms with Crippen molar-refractivity contribution in [2.24, 2.45) is 0 Å². The molecular weight excluding hydrogens is 190 g/mol. The summed E-state index contributed by atoms with van der Waals surface area (Å²) in [5.74, 6) is 0.987. The van der Waals surface area contributed by atoms with Crippen LogP contribution in [0.2, 0.25) is 0 Å². The van der Waals surface area contributed by atoms with E-state index >= 15 is 0 Å². The smallest absolute Gasteiger partial charge is 0.143 e. The van der Waals surface area contributed by atoms with Gasteiger partial charge in [0, 0.05) is 13.0 Å². The van der Waals surface area contributed by atoms with E-state index in [1.54, 1.807) is 0 Å². The molecule has 0 radical (unpaired) electrons. The topological polar surface area (TPSA) is 30.5 Å². The maximum absolute atomic E-state index is 5.93. The number of rotatable bonds is 2. The standard InChI is InChI=1S/C12H15NO2/c1-2-9-4-6-13-12(9)11(3-1)15-10-5-7-14-8-10/h1-3,10,13H,4-8H2. The second-order valence-electron chi connectivity index (χ2n) is 4.07. The summed E-state index contributed by atoms with van der Waals surface area (Å²) in [4.78, 5) is 0. The summed E-state index contributed by atoms with van der Waals surface area (Å²) < 4.78 is 11.2. The third-order valence-electron chi connectivity index (χ3n) is 2.99. The number of hydrogen-bond donors (Lipinski definition) is 1. The van der Waals surface area contributed by atoms with E-state index in [9.17, 15) is 0 Å². The molecule has 2 heterocycles. The number of fused-ring (bicyclic) bond motifs is 1.